The zero-order valence-corrected chi connectivity index (χ0v) is 18.7. The normalized spacial score (nSPS) is 11.7. The van der Waals surface area contributed by atoms with Crippen LogP contribution >= 0.6 is 11.3 Å². The number of benzene rings is 1. The molecule has 7 heteroatoms. The van der Waals surface area contributed by atoms with E-state index in [0.29, 0.717) is 16.5 Å². The summed E-state index contributed by atoms with van der Waals surface area (Å²) >= 11 is 1.32. The molecule has 0 aliphatic carbocycles. The van der Waals surface area contributed by atoms with E-state index in [4.69, 9.17) is 9.84 Å². The lowest BCUT2D eigenvalue weighted by atomic mass is 9.94. The fraction of sp³-hybridized carbons (Fsp3) is 0.435. The summed E-state index contributed by atoms with van der Waals surface area (Å²) < 4.78 is 5.26. The average molecular weight is 432 g/mol. The molecule has 0 spiro atoms. The van der Waals surface area contributed by atoms with Gasteiger partial charge in [-0.15, -0.1) is 11.3 Å². The van der Waals surface area contributed by atoms with E-state index in [0.717, 1.165) is 22.4 Å². The second-order valence-corrected chi connectivity index (χ2v) is 8.41. The fourth-order valence-electron chi connectivity index (χ4n) is 3.18. The van der Waals surface area contributed by atoms with Gasteiger partial charge in [-0.2, -0.15) is 0 Å². The molecule has 2 N–H and O–H groups in total. The summed E-state index contributed by atoms with van der Waals surface area (Å²) in [6.45, 7) is 8.19. The maximum absolute atomic E-state index is 12.7. The Hall–Kier alpha value is -2.67. The second kappa shape index (κ2) is 10.9. The van der Waals surface area contributed by atoms with Crippen molar-refractivity contribution in [2.45, 2.75) is 59.3 Å². The second-order valence-electron chi connectivity index (χ2n) is 7.18. The number of amides is 1. The van der Waals surface area contributed by atoms with Gasteiger partial charge in [0.1, 0.15) is 10.6 Å². The molecule has 1 heterocycles. The number of esters is 1. The molecule has 1 amide bonds. The van der Waals surface area contributed by atoms with Crippen molar-refractivity contribution in [2.24, 2.45) is 0 Å². The van der Waals surface area contributed by atoms with Crippen LogP contribution in [-0.2, 0) is 14.3 Å². The summed E-state index contributed by atoms with van der Waals surface area (Å²) in [5.74, 6) is -1.29. The number of nitrogens with one attached hydrogen (secondary N) is 1. The summed E-state index contributed by atoms with van der Waals surface area (Å²) in [6.07, 6.45) is 1.28. The van der Waals surface area contributed by atoms with Crippen molar-refractivity contribution in [1.29, 1.82) is 0 Å². The molecule has 0 saturated carbocycles. The number of carboxylic acid groups (broad SMARTS) is 1. The summed E-state index contributed by atoms with van der Waals surface area (Å²) in [4.78, 5) is 36.6. The van der Waals surface area contributed by atoms with Gasteiger partial charge in [-0.3, -0.25) is 9.59 Å². The van der Waals surface area contributed by atoms with Crippen molar-refractivity contribution >= 4 is 34.2 Å². The SMILES string of the molecule is CCOC(=O)c1c(NC(=O)CCCC(=O)O)sc(C)c1-c1ccc([C@@H](C)CC)cc1. The minimum absolute atomic E-state index is 0.0739. The van der Waals surface area contributed by atoms with Crippen molar-refractivity contribution < 1.29 is 24.2 Å². The molecule has 162 valence electrons. The highest BCUT2D eigenvalue weighted by molar-refractivity contribution is 7.17. The van der Waals surface area contributed by atoms with Gasteiger partial charge >= 0.3 is 11.9 Å². The standard InChI is InChI=1S/C23H29NO5S/c1-5-14(3)16-10-12-17(13-11-16)20-15(4)30-22(21(20)23(28)29-6-2)24-18(25)8-7-9-19(26)27/h10-14H,5-9H2,1-4H3,(H,24,25)(H,26,27)/t14-/m0/s1. The molecule has 2 rings (SSSR count). The number of rotatable bonds is 10. The Labute approximate surface area is 181 Å². The zero-order valence-electron chi connectivity index (χ0n) is 17.9. The van der Waals surface area contributed by atoms with Crippen LogP contribution in [0.4, 0.5) is 5.00 Å². The Morgan fingerprint density at radius 2 is 1.80 bits per heavy atom. The number of ether oxygens (including phenoxy) is 1. The zero-order chi connectivity index (χ0) is 22.3. The first-order valence-electron chi connectivity index (χ1n) is 10.2. The number of hydrogen-bond acceptors (Lipinski definition) is 5. The molecule has 0 radical (unpaired) electrons. The first kappa shape index (κ1) is 23.6. The molecule has 1 atom stereocenters. The van der Waals surface area contributed by atoms with Crippen LogP contribution in [0.15, 0.2) is 24.3 Å². The van der Waals surface area contributed by atoms with Crippen molar-refractivity contribution in [3.05, 3.63) is 40.3 Å². The average Bonchev–Trinajstić information content (AvgIpc) is 3.02. The van der Waals surface area contributed by atoms with E-state index in [1.54, 1.807) is 6.92 Å². The van der Waals surface area contributed by atoms with E-state index < -0.39 is 11.9 Å². The van der Waals surface area contributed by atoms with Gasteiger partial charge in [0, 0.05) is 23.3 Å². The van der Waals surface area contributed by atoms with E-state index in [1.165, 1.54) is 16.9 Å². The monoisotopic (exact) mass is 431 g/mol. The Morgan fingerprint density at radius 1 is 1.13 bits per heavy atom. The number of anilines is 1. The van der Waals surface area contributed by atoms with Crippen LogP contribution in [0.1, 0.15) is 73.2 Å². The number of thiophene rings is 1. The number of carboxylic acids is 1. The summed E-state index contributed by atoms with van der Waals surface area (Å²) in [5, 5.41) is 12.0. The van der Waals surface area contributed by atoms with E-state index in [9.17, 15) is 14.4 Å². The molecule has 0 fully saturated rings. The largest absolute Gasteiger partial charge is 0.481 e. The Bertz CT molecular complexity index is 901. The fourth-order valence-corrected chi connectivity index (χ4v) is 4.26. The van der Waals surface area contributed by atoms with Gasteiger partial charge in [0.25, 0.3) is 0 Å². The van der Waals surface area contributed by atoms with Crippen molar-refractivity contribution in [3.63, 3.8) is 0 Å². The molecule has 1 aromatic carbocycles. The van der Waals surface area contributed by atoms with Crippen LogP contribution in [0, 0.1) is 6.92 Å². The molecular weight excluding hydrogens is 402 g/mol. The highest BCUT2D eigenvalue weighted by atomic mass is 32.1. The Balaban J connectivity index is 2.37. The smallest absolute Gasteiger partial charge is 0.341 e. The van der Waals surface area contributed by atoms with E-state index >= 15 is 0 Å². The van der Waals surface area contributed by atoms with E-state index in [-0.39, 0.29) is 31.8 Å². The van der Waals surface area contributed by atoms with E-state index in [2.05, 4.69) is 31.3 Å². The topological polar surface area (TPSA) is 92.7 Å². The van der Waals surface area contributed by atoms with Crippen LogP contribution < -0.4 is 5.32 Å². The van der Waals surface area contributed by atoms with Gasteiger partial charge in [0.05, 0.1) is 6.61 Å². The molecule has 30 heavy (non-hydrogen) atoms. The van der Waals surface area contributed by atoms with Crippen LogP contribution in [0.3, 0.4) is 0 Å². The maximum Gasteiger partial charge on any atom is 0.341 e. The minimum Gasteiger partial charge on any atom is -0.481 e. The molecule has 1 aromatic heterocycles. The first-order valence-corrected chi connectivity index (χ1v) is 11.0. The maximum atomic E-state index is 12.7. The summed E-state index contributed by atoms with van der Waals surface area (Å²) in [7, 11) is 0. The van der Waals surface area contributed by atoms with Gasteiger partial charge in [0.2, 0.25) is 5.91 Å². The molecule has 2 aromatic rings. The molecule has 0 aliphatic heterocycles. The lowest BCUT2D eigenvalue weighted by Crippen LogP contribution is -2.14. The highest BCUT2D eigenvalue weighted by Gasteiger charge is 2.25. The quantitative estimate of drug-likeness (QED) is 0.477. The predicted molar refractivity (Wildman–Crippen MR) is 119 cm³/mol. The first-order chi connectivity index (χ1) is 14.3. The van der Waals surface area contributed by atoms with Crippen LogP contribution in [-0.4, -0.2) is 29.6 Å². The minimum atomic E-state index is -0.940. The van der Waals surface area contributed by atoms with E-state index in [1.807, 2.05) is 19.1 Å². The third-order valence-electron chi connectivity index (χ3n) is 4.99. The third kappa shape index (κ3) is 5.92. The van der Waals surface area contributed by atoms with Crippen molar-refractivity contribution in [2.75, 3.05) is 11.9 Å². The summed E-state index contributed by atoms with van der Waals surface area (Å²) in [6, 6.07) is 8.13. The molecule has 0 unspecified atom stereocenters. The number of aliphatic carboxylic acids is 1. The lowest BCUT2D eigenvalue weighted by molar-refractivity contribution is -0.137. The van der Waals surface area contributed by atoms with Gasteiger partial charge in [-0.25, -0.2) is 4.79 Å². The molecule has 0 bridgehead atoms. The highest BCUT2D eigenvalue weighted by Crippen LogP contribution is 2.41. The number of carbonyl (C=O) groups is 3. The van der Waals surface area contributed by atoms with Crippen molar-refractivity contribution in [3.8, 4) is 11.1 Å². The van der Waals surface area contributed by atoms with Crippen LogP contribution in [0.25, 0.3) is 11.1 Å². The molecular formula is C23H29NO5S. The summed E-state index contributed by atoms with van der Waals surface area (Å²) in [5.41, 5.74) is 3.24. The molecule has 0 saturated heterocycles. The Morgan fingerprint density at radius 3 is 2.37 bits per heavy atom. The predicted octanol–water partition coefficient (Wildman–Crippen LogP) is 5.61. The number of aryl methyl sites for hydroxylation is 1. The van der Waals surface area contributed by atoms with Gasteiger partial charge in [0.15, 0.2) is 0 Å². The van der Waals surface area contributed by atoms with Gasteiger partial charge < -0.3 is 15.2 Å². The van der Waals surface area contributed by atoms with Gasteiger partial charge in [-0.1, -0.05) is 38.1 Å². The third-order valence-corrected chi connectivity index (χ3v) is 6.01. The van der Waals surface area contributed by atoms with Crippen LogP contribution in [0.5, 0.6) is 0 Å². The Kier molecular flexibility index (Phi) is 8.59. The lowest BCUT2D eigenvalue weighted by Gasteiger charge is -2.12. The van der Waals surface area contributed by atoms with Crippen molar-refractivity contribution in [1.82, 2.24) is 0 Å². The number of carbonyl (C=O) groups excluding carboxylic acids is 2. The van der Waals surface area contributed by atoms with Crippen LogP contribution in [0.2, 0.25) is 0 Å². The van der Waals surface area contributed by atoms with Gasteiger partial charge in [-0.05, 0) is 43.7 Å². The molecule has 0 aliphatic rings. The number of hydrogen-bond donors (Lipinski definition) is 2. The molecule has 6 nitrogen and oxygen atoms in total.